The first-order chi connectivity index (χ1) is 12.4. The van der Waals surface area contributed by atoms with Crippen LogP contribution in [-0.2, 0) is 16.9 Å². The number of methoxy groups -OCH3 is 1. The number of amides is 1. The molecule has 0 bridgehead atoms. The molecule has 1 amide bonds. The van der Waals surface area contributed by atoms with Gasteiger partial charge in [0.15, 0.2) is 14.6 Å². The highest BCUT2D eigenvalue weighted by Crippen LogP contribution is 2.26. The molecule has 1 heterocycles. The van der Waals surface area contributed by atoms with Crippen molar-refractivity contribution in [3.63, 3.8) is 0 Å². The Morgan fingerprint density at radius 3 is 2.65 bits per heavy atom. The summed E-state index contributed by atoms with van der Waals surface area (Å²) in [6.07, 6.45) is 0. The number of para-hydroxylation sites is 1. The van der Waals surface area contributed by atoms with Gasteiger partial charge in [0.1, 0.15) is 11.3 Å². The van der Waals surface area contributed by atoms with E-state index in [4.69, 9.17) is 4.74 Å². The molecule has 2 aromatic carbocycles. The molecule has 0 saturated carbocycles. The number of benzene rings is 2. The summed E-state index contributed by atoms with van der Waals surface area (Å²) in [7, 11) is 0.0245. The summed E-state index contributed by atoms with van der Waals surface area (Å²) < 4.78 is 32.1. The van der Waals surface area contributed by atoms with E-state index >= 15 is 0 Å². The number of hydrogen-bond acceptors (Lipinski definition) is 5. The molecule has 3 rings (SSSR count). The summed E-state index contributed by atoms with van der Waals surface area (Å²) in [6.45, 7) is 1.57. The number of nitrogens with zero attached hydrogens (tertiary/aromatic N) is 2. The van der Waals surface area contributed by atoms with Crippen LogP contribution in [0.4, 0.5) is 0 Å². The fourth-order valence-electron chi connectivity index (χ4n) is 2.58. The summed E-state index contributed by atoms with van der Waals surface area (Å²) in [6, 6.07) is 11.6. The number of aromatic nitrogens is 1. The van der Waals surface area contributed by atoms with Crippen molar-refractivity contribution in [3.8, 4) is 5.75 Å². The minimum atomic E-state index is -3.38. The van der Waals surface area contributed by atoms with E-state index in [1.165, 1.54) is 23.5 Å². The smallest absolute Gasteiger partial charge is 0.279 e. The highest BCUT2D eigenvalue weighted by Gasteiger charge is 2.15. The van der Waals surface area contributed by atoms with Crippen LogP contribution in [0.1, 0.15) is 17.3 Å². The molecule has 0 atom stereocenters. The summed E-state index contributed by atoms with van der Waals surface area (Å²) in [5.41, 5.74) is 1.10. The van der Waals surface area contributed by atoms with Crippen LogP contribution in [0.15, 0.2) is 52.4 Å². The zero-order valence-corrected chi connectivity index (χ0v) is 16.2. The van der Waals surface area contributed by atoms with Crippen LogP contribution in [0, 0.1) is 0 Å². The lowest BCUT2D eigenvalue weighted by molar-refractivity contribution is 0.0997. The second kappa shape index (κ2) is 7.05. The van der Waals surface area contributed by atoms with E-state index in [1.54, 1.807) is 30.7 Å². The molecule has 136 valence electrons. The molecule has 0 saturated heterocycles. The Morgan fingerprint density at radius 2 is 1.96 bits per heavy atom. The largest absolute Gasteiger partial charge is 0.495 e. The first-order valence-corrected chi connectivity index (χ1v) is 10.4. The van der Waals surface area contributed by atoms with Gasteiger partial charge < -0.3 is 9.30 Å². The number of fused-ring (bicyclic) bond motifs is 1. The molecule has 1 aromatic heterocycles. The van der Waals surface area contributed by atoms with Crippen molar-refractivity contribution in [2.45, 2.75) is 11.8 Å². The van der Waals surface area contributed by atoms with Crippen LogP contribution in [0.5, 0.6) is 5.75 Å². The van der Waals surface area contributed by atoms with Gasteiger partial charge in [-0.2, -0.15) is 4.99 Å². The normalized spacial score (nSPS) is 12.5. The standard InChI is InChI=1S/C18H18N2O4S2/c1-4-26(22,23)13-8-5-7-12(11-13)17(21)19-18-20(2)16-14(24-3)9-6-10-15(16)25-18/h5-11H,4H2,1-3H3. The fraction of sp³-hybridized carbons (Fsp3) is 0.222. The quantitative estimate of drug-likeness (QED) is 0.686. The number of carbonyl (C=O) groups excluding carboxylic acids is 1. The third kappa shape index (κ3) is 3.30. The molecule has 3 aromatic rings. The molecule has 0 fully saturated rings. The number of carbonyl (C=O) groups is 1. The Bertz CT molecular complexity index is 1160. The summed E-state index contributed by atoms with van der Waals surface area (Å²) >= 11 is 1.37. The molecular formula is C18H18N2O4S2. The van der Waals surface area contributed by atoms with E-state index in [-0.39, 0.29) is 16.2 Å². The molecule has 0 aliphatic heterocycles. The van der Waals surface area contributed by atoms with E-state index in [1.807, 2.05) is 25.2 Å². The van der Waals surface area contributed by atoms with Crippen LogP contribution in [0.2, 0.25) is 0 Å². The molecule has 6 nitrogen and oxygen atoms in total. The van der Waals surface area contributed by atoms with Crippen LogP contribution >= 0.6 is 11.3 Å². The topological polar surface area (TPSA) is 77.7 Å². The molecule has 0 aliphatic rings. The van der Waals surface area contributed by atoms with Crippen molar-refractivity contribution in [1.82, 2.24) is 4.57 Å². The molecule has 0 spiro atoms. The highest BCUT2D eigenvalue weighted by atomic mass is 32.2. The second-order valence-electron chi connectivity index (χ2n) is 5.60. The minimum Gasteiger partial charge on any atom is -0.495 e. The zero-order chi connectivity index (χ0) is 18.9. The third-order valence-corrected chi connectivity index (χ3v) is 6.85. The van der Waals surface area contributed by atoms with Gasteiger partial charge in [-0.3, -0.25) is 4.79 Å². The minimum absolute atomic E-state index is 0.0210. The maximum absolute atomic E-state index is 12.6. The lowest BCUT2D eigenvalue weighted by Crippen LogP contribution is -2.14. The Kier molecular flexibility index (Phi) is 4.97. The first kappa shape index (κ1) is 18.3. The zero-order valence-electron chi connectivity index (χ0n) is 14.6. The second-order valence-corrected chi connectivity index (χ2v) is 8.89. The lowest BCUT2D eigenvalue weighted by atomic mass is 10.2. The average molecular weight is 390 g/mol. The van der Waals surface area contributed by atoms with Crippen molar-refractivity contribution >= 4 is 37.3 Å². The maximum atomic E-state index is 12.6. The van der Waals surface area contributed by atoms with Gasteiger partial charge in [0, 0.05) is 12.6 Å². The monoisotopic (exact) mass is 390 g/mol. The fourth-order valence-corrected chi connectivity index (χ4v) is 4.54. The van der Waals surface area contributed by atoms with E-state index < -0.39 is 15.7 Å². The van der Waals surface area contributed by atoms with Crippen molar-refractivity contribution < 1.29 is 17.9 Å². The molecule has 26 heavy (non-hydrogen) atoms. The molecule has 0 unspecified atom stereocenters. The predicted molar refractivity (Wildman–Crippen MR) is 101 cm³/mol. The maximum Gasteiger partial charge on any atom is 0.279 e. The Balaban J connectivity index is 2.09. The Hall–Kier alpha value is -2.45. The van der Waals surface area contributed by atoms with Crippen LogP contribution in [0.25, 0.3) is 10.2 Å². The number of thiazole rings is 1. The molecule has 8 heteroatoms. The van der Waals surface area contributed by atoms with Gasteiger partial charge in [-0.15, -0.1) is 0 Å². The third-order valence-electron chi connectivity index (χ3n) is 4.02. The van der Waals surface area contributed by atoms with Crippen LogP contribution < -0.4 is 9.54 Å². The Labute approximate surface area is 155 Å². The van der Waals surface area contributed by atoms with E-state index in [9.17, 15) is 13.2 Å². The number of hydrogen-bond donors (Lipinski definition) is 0. The molecule has 0 radical (unpaired) electrons. The van der Waals surface area contributed by atoms with Gasteiger partial charge in [-0.25, -0.2) is 8.42 Å². The average Bonchev–Trinajstić information content (AvgIpc) is 2.97. The van der Waals surface area contributed by atoms with Gasteiger partial charge in [0.2, 0.25) is 0 Å². The Morgan fingerprint density at radius 1 is 1.23 bits per heavy atom. The predicted octanol–water partition coefficient (Wildman–Crippen LogP) is 2.78. The molecule has 0 N–H and O–H groups in total. The summed E-state index contributed by atoms with van der Waals surface area (Å²) in [5, 5.41) is 0. The van der Waals surface area contributed by atoms with Gasteiger partial charge in [-0.1, -0.05) is 30.4 Å². The highest BCUT2D eigenvalue weighted by molar-refractivity contribution is 7.91. The van der Waals surface area contributed by atoms with E-state index in [2.05, 4.69) is 4.99 Å². The first-order valence-electron chi connectivity index (χ1n) is 7.92. The van der Waals surface area contributed by atoms with Crippen molar-refractivity contribution in [2.75, 3.05) is 12.9 Å². The van der Waals surface area contributed by atoms with Crippen molar-refractivity contribution in [3.05, 3.63) is 52.8 Å². The summed E-state index contributed by atoms with van der Waals surface area (Å²) in [5.74, 6) is 0.192. The number of rotatable bonds is 4. The van der Waals surface area contributed by atoms with Gasteiger partial charge in [-0.05, 0) is 30.3 Å². The summed E-state index contributed by atoms with van der Waals surface area (Å²) in [4.78, 5) is 17.4. The van der Waals surface area contributed by atoms with Crippen molar-refractivity contribution in [1.29, 1.82) is 0 Å². The molecular weight excluding hydrogens is 372 g/mol. The number of ether oxygens (including phenoxy) is 1. The van der Waals surface area contributed by atoms with Gasteiger partial charge in [0.05, 0.1) is 22.5 Å². The van der Waals surface area contributed by atoms with Gasteiger partial charge >= 0.3 is 0 Å². The van der Waals surface area contributed by atoms with Crippen molar-refractivity contribution in [2.24, 2.45) is 12.0 Å². The lowest BCUT2D eigenvalue weighted by Gasteiger charge is -2.03. The SMILES string of the molecule is CCS(=O)(=O)c1cccc(C(=O)N=c2sc3cccc(OC)c3n2C)c1. The van der Waals surface area contributed by atoms with Gasteiger partial charge in [0.25, 0.3) is 5.91 Å². The number of sulfone groups is 1. The van der Waals surface area contributed by atoms with E-state index in [0.29, 0.717) is 10.6 Å². The van der Waals surface area contributed by atoms with Crippen LogP contribution in [-0.4, -0.2) is 31.8 Å². The number of aryl methyl sites for hydroxylation is 1. The van der Waals surface area contributed by atoms with Crippen LogP contribution in [0.3, 0.4) is 0 Å². The van der Waals surface area contributed by atoms with E-state index in [0.717, 1.165) is 10.2 Å². The molecule has 0 aliphatic carbocycles.